The zero-order valence-electron chi connectivity index (χ0n) is 33.6. The molecule has 2 aromatic heterocycles. The Morgan fingerprint density at radius 2 is 1.59 bits per heavy atom. The summed E-state index contributed by atoms with van der Waals surface area (Å²) in [5, 5.41) is 7.26. The zero-order valence-corrected chi connectivity index (χ0v) is 34.6. The summed E-state index contributed by atoms with van der Waals surface area (Å²) >= 11 is 0. The van der Waals surface area contributed by atoms with E-state index in [0.29, 0.717) is 22.6 Å². The van der Waals surface area contributed by atoms with Crippen molar-refractivity contribution in [3.63, 3.8) is 0 Å². The van der Waals surface area contributed by atoms with E-state index in [2.05, 4.69) is 44.5 Å². The number of ether oxygens (including phenoxy) is 4. The largest absolute Gasteiger partial charge is 0.457 e. The number of hydrogen-bond donors (Lipinski definition) is 2. The molecule has 292 valence electrons. The van der Waals surface area contributed by atoms with E-state index in [-0.39, 0.29) is 41.7 Å². The third-order valence-electron chi connectivity index (χ3n) is 9.54. The molecular formula is C40H54N4O9Si. The standard InChI is InChI=1S/C40H54N4O9Si/c1-13-40(51-30(45)20-41-35(48)52-38(5,6)7)27-19-29-31-25(21-44(29)33(46)26(27)22-50-34(40)47)32(54(11,12)17-16-37(2,3)4)24-18-23(14-15-28(24)43-31)42-36(49)53-39(8,9)10/h14-15,18-19H,13,16-17,20-22H2,1-12H3,(H,41,48)(H,42,49)/t40-/m0/s1. The molecule has 5 rings (SSSR count). The van der Waals surface area contributed by atoms with Gasteiger partial charge in [0.1, 0.15) is 24.4 Å². The van der Waals surface area contributed by atoms with E-state index in [4.69, 9.17) is 23.9 Å². The molecule has 1 atom stereocenters. The molecule has 0 radical (unpaired) electrons. The van der Waals surface area contributed by atoms with Gasteiger partial charge in [-0.05, 0) is 88.4 Å². The molecule has 13 nitrogen and oxygen atoms in total. The molecule has 3 aromatic rings. The van der Waals surface area contributed by atoms with Gasteiger partial charge < -0.3 is 28.8 Å². The third-order valence-corrected chi connectivity index (χ3v) is 13.0. The molecule has 2 amide bonds. The second-order valence-corrected chi connectivity index (χ2v) is 22.8. The maximum absolute atomic E-state index is 14.4. The van der Waals surface area contributed by atoms with Gasteiger partial charge in [-0.1, -0.05) is 53.3 Å². The lowest BCUT2D eigenvalue weighted by atomic mass is 9.85. The Morgan fingerprint density at radius 1 is 0.944 bits per heavy atom. The minimum Gasteiger partial charge on any atom is -0.457 e. The normalized spacial score (nSPS) is 16.9. The van der Waals surface area contributed by atoms with Crippen LogP contribution < -0.4 is 21.4 Å². The molecule has 4 heterocycles. The topological polar surface area (TPSA) is 164 Å². The fourth-order valence-corrected chi connectivity index (χ4v) is 10.6. The van der Waals surface area contributed by atoms with Crippen LogP contribution in [0.2, 0.25) is 19.1 Å². The number of alkyl carbamates (subject to hydrolysis) is 1. The van der Waals surface area contributed by atoms with Gasteiger partial charge in [0.15, 0.2) is 0 Å². The number of anilines is 1. The number of carbonyl (C=O) groups is 4. The SMILES string of the molecule is CC[C@@]1(OC(=O)CNC(=O)OC(C)(C)C)C(=O)OCc2c1cc1n(c2=O)Cc2c-1nc1ccc(NC(=O)OC(C)(C)C)cc1c2[Si](C)(C)CCC(C)(C)C. The number of fused-ring (bicyclic) bond motifs is 5. The molecule has 0 saturated heterocycles. The number of amides is 2. The summed E-state index contributed by atoms with van der Waals surface area (Å²) in [5.74, 6) is -1.71. The smallest absolute Gasteiger partial charge is 0.412 e. The molecule has 14 heteroatoms. The zero-order chi connectivity index (χ0) is 40.2. The fraction of sp³-hybridized carbons (Fsp3) is 0.550. The highest BCUT2D eigenvalue weighted by atomic mass is 28.3. The lowest BCUT2D eigenvalue weighted by molar-refractivity contribution is -0.188. The molecule has 0 spiro atoms. The van der Waals surface area contributed by atoms with Crippen LogP contribution >= 0.6 is 0 Å². The van der Waals surface area contributed by atoms with Crippen molar-refractivity contribution < 1.29 is 38.1 Å². The predicted octanol–water partition coefficient (Wildman–Crippen LogP) is 6.85. The Bertz CT molecular complexity index is 2090. The van der Waals surface area contributed by atoms with Crippen LogP contribution in [-0.2, 0) is 47.3 Å². The number of nitrogens with zero attached hydrogens (tertiary/aromatic N) is 2. The number of pyridine rings is 2. The monoisotopic (exact) mass is 762 g/mol. The van der Waals surface area contributed by atoms with Crippen LogP contribution in [-0.4, -0.2) is 59.5 Å². The molecule has 0 saturated carbocycles. The number of cyclic esters (lactones) is 1. The van der Waals surface area contributed by atoms with E-state index in [1.807, 2.05) is 12.1 Å². The van der Waals surface area contributed by atoms with Crippen molar-refractivity contribution in [1.82, 2.24) is 14.9 Å². The lowest BCUT2D eigenvalue weighted by Crippen LogP contribution is -2.49. The Morgan fingerprint density at radius 3 is 2.20 bits per heavy atom. The van der Waals surface area contributed by atoms with Crippen LogP contribution in [0.4, 0.5) is 15.3 Å². The average molecular weight is 763 g/mol. The minimum atomic E-state index is -2.29. The summed E-state index contributed by atoms with van der Waals surface area (Å²) in [4.78, 5) is 71.3. The molecule has 0 bridgehead atoms. The summed E-state index contributed by atoms with van der Waals surface area (Å²) in [7, 11) is -2.29. The van der Waals surface area contributed by atoms with E-state index in [1.165, 1.54) is 0 Å². The molecule has 1 aromatic carbocycles. The van der Waals surface area contributed by atoms with Gasteiger partial charge in [0.25, 0.3) is 5.56 Å². The molecule has 2 aliphatic rings. The molecular weight excluding hydrogens is 709 g/mol. The Labute approximate surface area is 317 Å². The van der Waals surface area contributed by atoms with Crippen LogP contribution in [0, 0.1) is 5.41 Å². The van der Waals surface area contributed by atoms with Gasteiger partial charge in [0.2, 0.25) is 5.60 Å². The van der Waals surface area contributed by atoms with Crippen molar-refractivity contribution in [2.24, 2.45) is 5.41 Å². The Balaban J connectivity index is 1.64. The summed E-state index contributed by atoms with van der Waals surface area (Å²) in [6.45, 7) is 22.9. The highest BCUT2D eigenvalue weighted by Crippen LogP contribution is 2.42. The van der Waals surface area contributed by atoms with Crippen molar-refractivity contribution in [1.29, 1.82) is 0 Å². The summed E-state index contributed by atoms with van der Waals surface area (Å²) in [6, 6.07) is 8.25. The lowest BCUT2D eigenvalue weighted by Gasteiger charge is -2.35. The molecule has 2 aliphatic heterocycles. The first-order valence-corrected chi connectivity index (χ1v) is 21.7. The summed E-state index contributed by atoms with van der Waals surface area (Å²) in [5.41, 5.74) is 0.0631. The quantitative estimate of drug-likeness (QED) is 0.110. The molecule has 0 unspecified atom stereocenters. The number of hydrogen-bond acceptors (Lipinski definition) is 10. The Hall–Kier alpha value is -4.72. The van der Waals surface area contributed by atoms with E-state index < -0.39 is 55.5 Å². The van der Waals surface area contributed by atoms with Gasteiger partial charge in [-0.2, -0.15) is 0 Å². The van der Waals surface area contributed by atoms with Gasteiger partial charge in [0.05, 0.1) is 37.1 Å². The molecule has 0 aliphatic carbocycles. The van der Waals surface area contributed by atoms with Gasteiger partial charge in [-0.25, -0.2) is 19.4 Å². The number of esters is 2. The number of carbonyl (C=O) groups excluding carboxylic acids is 4. The maximum Gasteiger partial charge on any atom is 0.412 e. The molecule has 54 heavy (non-hydrogen) atoms. The third kappa shape index (κ3) is 8.48. The predicted molar refractivity (Wildman–Crippen MR) is 208 cm³/mol. The number of nitrogens with one attached hydrogen (secondary N) is 2. The van der Waals surface area contributed by atoms with E-state index in [1.54, 1.807) is 65.2 Å². The number of aromatic nitrogens is 2. The first kappa shape index (κ1) is 40.5. The second kappa shape index (κ2) is 14.2. The van der Waals surface area contributed by atoms with Gasteiger partial charge in [-0.15, -0.1) is 0 Å². The van der Waals surface area contributed by atoms with Crippen LogP contribution in [0.15, 0.2) is 29.1 Å². The summed E-state index contributed by atoms with van der Waals surface area (Å²) in [6.07, 6.45) is -0.429. The number of rotatable bonds is 8. The van der Waals surface area contributed by atoms with Gasteiger partial charge in [-0.3, -0.25) is 14.9 Å². The highest BCUT2D eigenvalue weighted by molar-refractivity contribution is 6.91. The maximum atomic E-state index is 14.4. The van der Waals surface area contributed by atoms with E-state index in [9.17, 15) is 24.0 Å². The fourth-order valence-electron chi connectivity index (χ4n) is 7.01. The van der Waals surface area contributed by atoms with Crippen molar-refractivity contribution in [2.75, 3.05) is 11.9 Å². The van der Waals surface area contributed by atoms with E-state index in [0.717, 1.165) is 28.6 Å². The molecule has 2 N–H and O–H groups in total. The van der Waals surface area contributed by atoms with Crippen molar-refractivity contribution in [2.45, 2.75) is 131 Å². The summed E-state index contributed by atoms with van der Waals surface area (Å²) < 4.78 is 23.7. The average Bonchev–Trinajstić information content (AvgIpc) is 3.39. The van der Waals surface area contributed by atoms with Crippen molar-refractivity contribution >= 4 is 54.0 Å². The number of benzene rings is 1. The van der Waals surface area contributed by atoms with Crippen LogP contribution in [0.3, 0.4) is 0 Å². The van der Waals surface area contributed by atoms with Crippen LogP contribution in [0.1, 0.15) is 98.8 Å². The van der Waals surface area contributed by atoms with Gasteiger partial charge >= 0.3 is 24.1 Å². The molecule has 0 fully saturated rings. The first-order chi connectivity index (χ1) is 24.8. The van der Waals surface area contributed by atoms with Crippen molar-refractivity contribution in [3.05, 3.63) is 51.3 Å². The minimum absolute atomic E-state index is 0.0245. The second-order valence-electron chi connectivity index (χ2n) is 18.0. The van der Waals surface area contributed by atoms with Crippen LogP contribution in [0.5, 0.6) is 0 Å². The van der Waals surface area contributed by atoms with E-state index >= 15 is 0 Å². The van der Waals surface area contributed by atoms with Crippen molar-refractivity contribution in [3.8, 4) is 11.4 Å². The highest BCUT2D eigenvalue weighted by Gasteiger charge is 2.51. The Kier molecular flexibility index (Phi) is 10.6. The van der Waals surface area contributed by atoms with Gasteiger partial charge in [0, 0.05) is 16.6 Å². The van der Waals surface area contributed by atoms with Crippen LogP contribution in [0.25, 0.3) is 22.3 Å². The first-order valence-electron chi connectivity index (χ1n) is 18.4.